The standard InChI is InChI=1S/C17H25BrO2/c1-11(19)20-15-12(10-16(2,3)4)8-13(18)9-14(15)17(5,6)7/h8-9H,10H2,1-7H3. The predicted octanol–water partition coefficient (Wildman–Crippen LogP) is 5.26. The van der Waals surface area contributed by atoms with Gasteiger partial charge >= 0.3 is 5.97 Å². The molecule has 1 aromatic rings. The maximum atomic E-state index is 11.5. The van der Waals surface area contributed by atoms with Crippen molar-refractivity contribution in [2.24, 2.45) is 5.41 Å². The third-order valence-electron chi connectivity index (χ3n) is 2.91. The van der Waals surface area contributed by atoms with Crippen molar-refractivity contribution in [3.05, 3.63) is 27.7 Å². The van der Waals surface area contributed by atoms with E-state index in [0.717, 1.165) is 27.8 Å². The highest BCUT2D eigenvalue weighted by Crippen LogP contribution is 2.39. The monoisotopic (exact) mass is 340 g/mol. The van der Waals surface area contributed by atoms with E-state index in [1.54, 1.807) is 0 Å². The average Bonchev–Trinajstić information content (AvgIpc) is 2.16. The molecule has 0 bridgehead atoms. The zero-order chi connectivity index (χ0) is 15.7. The van der Waals surface area contributed by atoms with Crippen molar-refractivity contribution in [2.45, 2.75) is 60.3 Å². The van der Waals surface area contributed by atoms with Crippen molar-refractivity contribution in [2.75, 3.05) is 0 Å². The predicted molar refractivity (Wildman–Crippen MR) is 87.3 cm³/mol. The molecule has 0 spiro atoms. The molecule has 0 amide bonds. The topological polar surface area (TPSA) is 26.3 Å². The van der Waals surface area contributed by atoms with Crippen molar-refractivity contribution in [3.63, 3.8) is 0 Å². The lowest BCUT2D eigenvalue weighted by Crippen LogP contribution is -2.18. The fourth-order valence-corrected chi connectivity index (χ4v) is 2.68. The van der Waals surface area contributed by atoms with Gasteiger partial charge in [0.2, 0.25) is 0 Å². The number of carbonyl (C=O) groups excluding carboxylic acids is 1. The first kappa shape index (κ1) is 17.2. The van der Waals surface area contributed by atoms with Crippen LogP contribution in [-0.4, -0.2) is 5.97 Å². The largest absolute Gasteiger partial charge is 0.426 e. The summed E-state index contributed by atoms with van der Waals surface area (Å²) in [5.74, 6) is 0.455. The second kappa shape index (κ2) is 5.88. The van der Waals surface area contributed by atoms with Crippen LogP contribution in [0.1, 0.15) is 59.6 Å². The van der Waals surface area contributed by atoms with Gasteiger partial charge in [0.05, 0.1) is 0 Å². The van der Waals surface area contributed by atoms with Gasteiger partial charge in [0.15, 0.2) is 0 Å². The van der Waals surface area contributed by atoms with Crippen LogP contribution in [0, 0.1) is 5.41 Å². The minimum absolute atomic E-state index is 0.0821. The van der Waals surface area contributed by atoms with Crippen LogP contribution in [-0.2, 0) is 16.6 Å². The first-order chi connectivity index (χ1) is 8.90. The molecule has 20 heavy (non-hydrogen) atoms. The quantitative estimate of drug-likeness (QED) is 0.542. The second-order valence-electron chi connectivity index (χ2n) is 7.52. The van der Waals surface area contributed by atoms with Crippen LogP contribution in [0.25, 0.3) is 0 Å². The van der Waals surface area contributed by atoms with Gasteiger partial charge in [-0.3, -0.25) is 4.79 Å². The number of esters is 1. The highest BCUT2D eigenvalue weighted by molar-refractivity contribution is 9.10. The Labute approximate surface area is 131 Å². The smallest absolute Gasteiger partial charge is 0.308 e. The molecule has 112 valence electrons. The van der Waals surface area contributed by atoms with Crippen LogP contribution in [0.15, 0.2) is 16.6 Å². The highest BCUT2D eigenvalue weighted by atomic mass is 79.9. The van der Waals surface area contributed by atoms with Crippen LogP contribution in [0.4, 0.5) is 0 Å². The van der Waals surface area contributed by atoms with Crippen molar-refractivity contribution in [3.8, 4) is 5.75 Å². The number of rotatable bonds is 2. The third kappa shape index (κ3) is 4.93. The van der Waals surface area contributed by atoms with E-state index in [1.165, 1.54) is 6.92 Å². The first-order valence-electron chi connectivity index (χ1n) is 6.91. The van der Waals surface area contributed by atoms with Gasteiger partial charge < -0.3 is 4.74 Å². The van der Waals surface area contributed by atoms with Crippen molar-refractivity contribution in [1.82, 2.24) is 0 Å². The molecule has 0 aliphatic carbocycles. The van der Waals surface area contributed by atoms with Gasteiger partial charge in [-0.05, 0) is 34.9 Å². The van der Waals surface area contributed by atoms with Crippen molar-refractivity contribution < 1.29 is 9.53 Å². The van der Waals surface area contributed by atoms with Crippen molar-refractivity contribution in [1.29, 1.82) is 0 Å². The van der Waals surface area contributed by atoms with E-state index < -0.39 is 0 Å². The lowest BCUT2D eigenvalue weighted by molar-refractivity contribution is -0.132. The summed E-state index contributed by atoms with van der Waals surface area (Å²) in [6.07, 6.45) is 0.859. The van der Waals surface area contributed by atoms with E-state index in [-0.39, 0.29) is 16.8 Å². The summed E-state index contributed by atoms with van der Waals surface area (Å²) in [5, 5.41) is 0. The lowest BCUT2D eigenvalue weighted by atomic mass is 9.82. The fourth-order valence-electron chi connectivity index (χ4n) is 2.17. The SMILES string of the molecule is CC(=O)Oc1c(CC(C)(C)C)cc(Br)cc1C(C)(C)C. The molecule has 0 fully saturated rings. The molecule has 0 aliphatic heterocycles. The minimum Gasteiger partial charge on any atom is -0.426 e. The van der Waals surface area contributed by atoms with Gasteiger partial charge in [-0.1, -0.05) is 57.5 Å². The van der Waals surface area contributed by atoms with Gasteiger partial charge in [0.25, 0.3) is 0 Å². The number of ether oxygens (including phenoxy) is 1. The van der Waals surface area contributed by atoms with Crippen LogP contribution in [0.5, 0.6) is 5.75 Å². The molecular weight excluding hydrogens is 316 g/mol. The molecule has 0 saturated heterocycles. The van der Waals surface area contributed by atoms with Crippen LogP contribution in [0.2, 0.25) is 0 Å². The maximum Gasteiger partial charge on any atom is 0.308 e. The molecule has 0 heterocycles. The Kier molecular flexibility index (Phi) is 5.07. The maximum absolute atomic E-state index is 11.5. The van der Waals surface area contributed by atoms with E-state index in [4.69, 9.17) is 4.74 Å². The van der Waals surface area contributed by atoms with Crippen LogP contribution < -0.4 is 4.74 Å². The molecule has 0 radical (unpaired) electrons. The Bertz CT molecular complexity index is 505. The molecular formula is C17H25BrO2. The summed E-state index contributed by atoms with van der Waals surface area (Å²) < 4.78 is 6.57. The molecule has 0 unspecified atom stereocenters. The Hall–Kier alpha value is -0.830. The highest BCUT2D eigenvalue weighted by Gasteiger charge is 2.25. The molecule has 3 heteroatoms. The summed E-state index contributed by atoms with van der Waals surface area (Å²) in [6, 6.07) is 4.10. The summed E-state index contributed by atoms with van der Waals surface area (Å²) in [5.41, 5.74) is 2.18. The number of hydrogen-bond donors (Lipinski definition) is 0. The molecule has 0 aromatic heterocycles. The molecule has 0 saturated carbocycles. The van der Waals surface area contributed by atoms with Crippen molar-refractivity contribution >= 4 is 21.9 Å². The molecule has 0 atom stereocenters. The summed E-state index contributed by atoms with van der Waals surface area (Å²) in [7, 11) is 0. The van der Waals surface area contributed by atoms with Gasteiger partial charge in [-0.25, -0.2) is 0 Å². The van der Waals surface area contributed by atoms with E-state index >= 15 is 0 Å². The fraction of sp³-hybridized carbons (Fsp3) is 0.588. The minimum atomic E-state index is -0.270. The lowest BCUT2D eigenvalue weighted by Gasteiger charge is -2.27. The number of halogens is 1. The summed E-state index contributed by atoms with van der Waals surface area (Å²) >= 11 is 3.57. The summed E-state index contributed by atoms with van der Waals surface area (Å²) in [4.78, 5) is 11.5. The van der Waals surface area contributed by atoms with E-state index in [0.29, 0.717) is 0 Å². The Morgan fingerprint density at radius 1 is 1.15 bits per heavy atom. The zero-order valence-corrected chi connectivity index (χ0v) is 15.1. The van der Waals surface area contributed by atoms with E-state index in [2.05, 4.69) is 63.5 Å². The normalized spacial score (nSPS) is 12.4. The first-order valence-corrected chi connectivity index (χ1v) is 7.71. The molecule has 2 nitrogen and oxygen atoms in total. The Morgan fingerprint density at radius 3 is 2.10 bits per heavy atom. The molecule has 1 rings (SSSR count). The zero-order valence-electron chi connectivity index (χ0n) is 13.6. The number of benzene rings is 1. The third-order valence-corrected chi connectivity index (χ3v) is 3.36. The second-order valence-corrected chi connectivity index (χ2v) is 8.44. The molecule has 1 aromatic carbocycles. The Morgan fingerprint density at radius 2 is 1.70 bits per heavy atom. The molecule has 0 N–H and O–H groups in total. The molecule has 0 aliphatic rings. The van der Waals surface area contributed by atoms with Gasteiger partial charge in [0, 0.05) is 17.0 Å². The van der Waals surface area contributed by atoms with Crippen LogP contribution in [0.3, 0.4) is 0 Å². The summed E-state index contributed by atoms with van der Waals surface area (Å²) in [6.45, 7) is 14.4. The Balaban J connectivity index is 3.48. The van der Waals surface area contributed by atoms with Gasteiger partial charge in [-0.15, -0.1) is 0 Å². The number of carbonyl (C=O) groups is 1. The van der Waals surface area contributed by atoms with E-state index in [9.17, 15) is 4.79 Å². The van der Waals surface area contributed by atoms with Gasteiger partial charge in [0.1, 0.15) is 5.75 Å². The average molecular weight is 341 g/mol. The van der Waals surface area contributed by atoms with E-state index in [1.807, 2.05) is 6.07 Å². The van der Waals surface area contributed by atoms with Gasteiger partial charge in [-0.2, -0.15) is 0 Å². The number of hydrogen-bond acceptors (Lipinski definition) is 2. The van der Waals surface area contributed by atoms with Crippen LogP contribution >= 0.6 is 15.9 Å².